The van der Waals surface area contributed by atoms with E-state index in [4.69, 9.17) is 0 Å². The number of hydrogen-bond acceptors (Lipinski definition) is 3. The van der Waals surface area contributed by atoms with Gasteiger partial charge in [-0.1, -0.05) is 36.0 Å². The predicted molar refractivity (Wildman–Crippen MR) is 98.8 cm³/mol. The Balaban J connectivity index is 1.53. The zero-order chi connectivity index (χ0) is 16.5. The lowest BCUT2D eigenvalue weighted by molar-refractivity contribution is 0.616. The van der Waals surface area contributed by atoms with Gasteiger partial charge in [0.05, 0.1) is 11.4 Å². The minimum Gasteiger partial charge on any atom is -0.381 e. The zero-order valence-corrected chi connectivity index (χ0v) is 14.1. The molecule has 4 rings (SSSR count). The molecule has 2 nitrogen and oxygen atoms in total. The molecule has 0 radical (unpaired) electrons. The molecular formula is C20H17FN2S. The van der Waals surface area contributed by atoms with E-state index in [0.717, 1.165) is 22.6 Å². The Hall–Kier alpha value is -2.46. The molecule has 0 aromatic heterocycles. The van der Waals surface area contributed by atoms with E-state index in [1.165, 1.54) is 15.9 Å². The molecule has 0 bridgehead atoms. The van der Waals surface area contributed by atoms with E-state index in [1.54, 1.807) is 17.8 Å². The first-order valence-electron chi connectivity index (χ1n) is 7.86. The summed E-state index contributed by atoms with van der Waals surface area (Å²) in [5, 5.41) is 6.87. The van der Waals surface area contributed by atoms with Gasteiger partial charge in [-0.3, -0.25) is 0 Å². The van der Waals surface area contributed by atoms with Gasteiger partial charge in [-0.05, 0) is 54.4 Å². The molecular weight excluding hydrogens is 319 g/mol. The van der Waals surface area contributed by atoms with Gasteiger partial charge in [0, 0.05) is 22.0 Å². The van der Waals surface area contributed by atoms with Crippen LogP contribution in [0, 0.1) is 12.7 Å². The highest BCUT2D eigenvalue weighted by Gasteiger charge is 2.15. The molecule has 1 aliphatic rings. The van der Waals surface area contributed by atoms with Gasteiger partial charge >= 0.3 is 0 Å². The van der Waals surface area contributed by atoms with Crippen LogP contribution in [-0.2, 0) is 6.54 Å². The number of para-hydroxylation sites is 1. The van der Waals surface area contributed by atoms with Crippen molar-refractivity contribution in [1.82, 2.24) is 0 Å². The monoisotopic (exact) mass is 336 g/mol. The second-order valence-electron chi connectivity index (χ2n) is 5.81. The summed E-state index contributed by atoms with van der Waals surface area (Å²) in [7, 11) is 0. The molecule has 3 aromatic rings. The maximum atomic E-state index is 13.6. The van der Waals surface area contributed by atoms with Crippen molar-refractivity contribution in [2.75, 3.05) is 10.6 Å². The van der Waals surface area contributed by atoms with Crippen molar-refractivity contribution in [1.29, 1.82) is 0 Å². The molecule has 0 amide bonds. The highest BCUT2D eigenvalue weighted by Crippen LogP contribution is 2.44. The third-order valence-electron chi connectivity index (χ3n) is 4.22. The zero-order valence-electron chi connectivity index (χ0n) is 13.3. The summed E-state index contributed by atoms with van der Waals surface area (Å²) in [6, 6.07) is 19.8. The Bertz CT molecular complexity index is 908. The third kappa shape index (κ3) is 2.85. The summed E-state index contributed by atoms with van der Waals surface area (Å²) in [6.45, 7) is 2.42. The summed E-state index contributed by atoms with van der Waals surface area (Å²) in [4.78, 5) is 2.45. The van der Waals surface area contributed by atoms with Gasteiger partial charge in [-0.2, -0.15) is 0 Å². The fourth-order valence-corrected chi connectivity index (χ4v) is 3.76. The van der Waals surface area contributed by atoms with Crippen LogP contribution in [0.25, 0.3) is 0 Å². The number of fused-ring (bicyclic) bond motifs is 2. The molecule has 1 heterocycles. The number of halogens is 1. The standard InChI is InChI=1S/C20H17FN2S/c1-13-14(5-4-6-16(13)21)12-22-15-9-10-20-18(11-15)23-17-7-2-3-8-19(17)24-20/h2-11,22-23H,12H2,1H3. The molecule has 24 heavy (non-hydrogen) atoms. The smallest absolute Gasteiger partial charge is 0.126 e. The largest absolute Gasteiger partial charge is 0.381 e. The van der Waals surface area contributed by atoms with Gasteiger partial charge in [-0.25, -0.2) is 4.39 Å². The lowest BCUT2D eigenvalue weighted by Crippen LogP contribution is -2.04. The number of rotatable bonds is 3. The minimum absolute atomic E-state index is 0.158. The molecule has 0 fully saturated rings. The molecule has 4 heteroatoms. The van der Waals surface area contributed by atoms with Crippen molar-refractivity contribution in [3.63, 3.8) is 0 Å². The van der Waals surface area contributed by atoms with Crippen LogP contribution < -0.4 is 10.6 Å². The average Bonchev–Trinajstić information content (AvgIpc) is 2.61. The van der Waals surface area contributed by atoms with E-state index in [0.29, 0.717) is 12.1 Å². The SMILES string of the molecule is Cc1c(F)cccc1CNc1ccc2c(c1)Nc1ccccc1S2. The Morgan fingerprint density at radius 3 is 2.71 bits per heavy atom. The lowest BCUT2D eigenvalue weighted by atomic mass is 10.1. The summed E-state index contributed by atoms with van der Waals surface area (Å²) in [5.74, 6) is -0.158. The highest BCUT2D eigenvalue weighted by molar-refractivity contribution is 7.99. The fourth-order valence-electron chi connectivity index (χ4n) is 2.79. The number of anilines is 3. The van der Waals surface area contributed by atoms with E-state index in [-0.39, 0.29) is 5.82 Å². The second kappa shape index (κ2) is 6.21. The molecule has 0 saturated heterocycles. The average molecular weight is 336 g/mol. The fraction of sp³-hybridized carbons (Fsp3) is 0.100. The minimum atomic E-state index is -0.158. The summed E-state index contributed by atoms with van der Waals surface area (Å²) in [6.07, 6.45) is 0. The van der Waals surface area contributed by atoms with Crippen LogP contribution >= 0.6 is 11.8 Å². The van der Waals surface area contributed by atoms with Crippen molar-refractivity contribution >= 4 is 28.8 Å². The predicted octanol–water partition coefficient (Wildman–Crippen LogP) is 5.95. The van der Waals surface area contributed by atoms with Crippen LogP contribution in [0.1, 0.15) is 11.1 Å². The first-order chi connectivity index (χ1) is 11.7. The van der Waals surface area contributed by atoms with E-state index < -0.39 is 0 Å². The topological polar surface area (TPSA) is 24.1 Å². The van der Waals surface area contributed by atoms with Gasteiger partial charge in [0.15, 0.2) is 0 Å². The van der Waals surface area contributed by atoms with Crippen LogP contribution in [0.2, 0.25) is 0 Å². The van der Waals surface area contributed by atoms with Crippen LogP contribution in [0.5, 0.6) is 0 Å². The Morgan fingerprint density at radius 2 is 1.79 bits per heavy atom. The van der Waals surface area contributed by atoms with Crippen molar-refractivity contribution in [2.24, 2.45) is 0 Å². The van der Waals surface area contributed by atoms with Crippen molar-refractivity contribution in [2.45, 2.75) is 23.3 Å². The maximum Gasteiger partial charge on any atom is 0.126 e. The molecule has 1 aliphatic heterocycles. The van der Waals surface area contributed by atoms with Gasteiger partial charge in [-0.15, -0.1) is 0 Å². The first kappa shape index (κ1) is 15.1. The summed E-state index contributed by atoms with van der Waals surface area (Å²) < 4.78 is 13.6. The molecule has 0 saturated carbocycles. The van der Waals surface area contributed by atoms with E-state index in [9.17, 15) is 4.39 Å². The second-order valence-corrected chi connectivity index (χ2v) is 6.90. The first-order valence-corrected chi connectivity index (χ1v) is 8.68. The molecule has 3 aromatic carbocycles. The summed E-state index contributed by atoms with van der Waals surface area (Å²) in [5.41, 5.74) is 4.92. The van der Waals surface area contributed by atoms with Crippen LogP contribution in [-0.4, -0.2) is 0 Å². The van der Waals surface area contributed by atoms with Crippen LogP contribution in [0.3, 0.4) is 0 Å². The van der Waals surface area contributed by atoms with Gasteiger partial charge < -0.3 is 10.6 Å². The van der Waals surface area contributed by atoms with Crippen molar-refractivity contribution in [3.8, 4) is 0 Å². The molecule has 0 spiro atoms. The van der Waals surface area contributed by atoms with E-state index in [1.807, 2.05) is 19.1 Å². The van der Waals surface area contributed by atoms with Crippen molar-refractivity contribution in [3.05, 3.63) is 77.6 Å². The van der Waals surface area contributed by atoms with Gasteiger partial charge in [0.1, 0.15) is 5.82 Å². The Kier molecular flexibility index (Phi) is 3.90. The quantitative estimate of drug-likeness (QED) is 0.483. The van der Waals surface area contributed by atoms with Gasteiger partial charge in [0.25, 0.3) is 0 Å². The normalized spacial score (nSPS) is 12.1. The number of hydrogen-bond donors (Lipinski definition) is 2. The Labute approximate surface area is 145 Å². The van der Waals surface area contributed by atoms with E-state index >= 15 is 0 Å². The third-order valence-corrected chi connectivity index (χ3v) is 5.37. The van der Waals surface area contributed by atoms with E-state index in [2.05, 4.69) is 47.0 Å². The van der Waals surface area contributed by atoms with Crippen LogP contribution in [0.4, 0.5) is 21.5 Å². The summed E-state index contributed by atoms with van der Waals surface area (Å²) >= 11 is 1.77. The molecule has 0 atom stereocenters. The molecule has 0 unspecified atom stereocenters. The molecule has 0 aliphatic carbocycles. The molecule has 120 valence electrons. The maximum absolute atomic E-state index is 13.6. The number of nitrogens with one attached hydrogen (secondary N) is 2. The Morgan fingerprint density at radius 1 is 0.958 bits per heavy atom. The van der Waals surface area contributed by atoms with Crippen LogP contribution in [0.15, 0.2) is 70.5 Å². The molecule has 2 N–H and O–H groups in total. The van der Waals surface area contributed by atoms with Crippen molar-refractivity contribution < 1.29 is 4.39 Å². The highest BCUT2D eigenvalue weighted by atomic mass is 32.2. The lowest BCUT2D eigenvalue weighted by Gasteiger charge is -2.21. The number of benzene rings is 3. The van der Waals surface area contributed by atoms with Gasteiger partial charge in [0.2, 0.25) is 0 Å².